The van der Waals surface area contributed by atoms with Crippen LogP contribution in [-0.4, -0.2) is 17.1 Å². The Morgan fingerprint density at radius 2 is 1.75 bits per heavy atom. The van der Waals surface area contributed by atoms with E-state index >= 15 is 0 Å². The van der Waals surface area contributed by atoms with Crippen molar-refractivity contribution in [1.29, 1.82) is 0 Å². The van der Waals surface area contributed by atoms with Crippen molar-refractivity contribution in [1.82, 2.24) is 10.5 Å². The Labute approximate surface area is 141 Å². The zero-order valence-corrected chi connectivity index (χ0v) is 13.6. The highest BCUT2D eigenvalue weighted by Crippen LogP contribution is 2.19. The van der Waals surface area contributed by atoms with Crippen LogP contribution in [0.2, 0.25) is 0 Å². The third kappa shape index (κ3) is 4.10. The van der Waals surface area contributed by atoms with Crippen LogP contribution in [-0.2, 0) is 6.42 Å². The molecule has 24 heavy (non-hydrogen) atoms. The number of rotatable bonds is 6. The first-order valence-electron chi connectivity index (χ1n) is 8.09. The number of hydrogen-bond donors (Lipinski definition) is 1. The van der Waals surface area contributed by atoms with Gasteiger partial charge in [-0.05, 0) is 25.3 Å². The summed E-state index contributed by atoms with van der Waals surface area (Å²) in [6, 6.07) is 21.6. The maximum Gasteiger partial charge on any atom is 0.273 e. The van der Waals surface area contributed by atoms with Crippen LogP contribution in [0.15, 0.2) is 71.3 Å². The highest BCUT2D eigenvalue weighted by Gasteiger charge is 2.15. The van der Waals surface area contributed by atoms with Gasteiger partial charge in [0.25, 0.3) is 5.91 Å². The number of aryl methyl sites for hydroxylation is 1. The predicted octanol–water partition coefficient (Wildman–Crippen LogP) is 4.09. The van der Waals surface area contributed by atoms with E-state index in [1.54, 1.807) is 6.07 Å². The molecule has 1 atom stereocenters. The summed E-state index contributed by atoms with van der Waals surface area (Å²) in [5.74, 6) is 0.388. The molecule has 4 heteroatoms. The van der Waals surface area contributed by atoms with Crippen LogP contribution in [0.25, 0.3) is 11.3 Å². The summed E-state index contributed by atoms with van der Waals surface area (Å²) in [7, 11) is 0. The maximum atomic E-state index is 12.3. The second-order valence-electron chi connectivity index (χ2n) is 5.84. The molecule has 0 radical (unpaired) electrons. The zero-order chi connectivity index (χ0) is 16.8. The van der Waals surface area contributed by atoms with E-state index in [4.69, 9.17) is 4.52 Å². The first-order valence-corrected chi connectivity index (χ1v) is 8.09. The van der Waals surface area contributed by atoms with Gasteiger partial charge >= 0.3 is 0 Å². The molecule has 3 aromatic rings. The Kier molecular flexibility index (Phi) is 5.06. The molecule has 3 rings (SSSR count). The molecule has 0 aliphatic carbocycles. The van der Waals surface area contributed by atoms with Crippen molar-refractivity contribution >= 4 is 5.91 Å². The number of nitrogens with one attached hydrogen (secondary N) is 1. The van der Waals surface area contributed by atoms with Crippen molar-refractivity contribution in [2.24, 2.45) is 0 Å². The van der Waals surface area contributed by atoms with Gasteiger partial charge in [-0.15, -0.1) is 0 Å². The van der Waals surface area contributed by atoms with Gasteiger partial charge in [0.05, 0.1) is 0 Å². The van der Waals surface area contributed by atoms with E-state index in [9.17, 15) is 4.79 Å². The van der Waals surface area contributed by atoms with Crippen molar-refractivity contribution < 1.29 is 9.32 Å². The topological polar surface area (TPSA) is 55.1 Å². The Morgan fingerprint density at radius 1 is 1.08 bits per heavy atom. The van der Waals surface area contributed by atoms with E-state index in [-0.39, 0.29) is 11.9 Å². The number of carbonyl (C=O) groups excluding carboxylic acids is 1. The van der Waals surface area contributed by atoms with Gasteiger partial charge < -0.3 is 9.84 Å². The summed E-state index contributed by atoms with van der Waals surface area (Å²) >= 11 is 0. The van der Waals surface area contributed by atoms with Gasteiger partial charge in [-0.2, -0.15) is 0 Å². The van der Waals surface area contributed by atoms with Gasteiger partial charge in [0.2, 0.25) is 0 Å². The number of benzene rings is 2. The third-order valence-electron chi connectivity index (χ3n) is 3.89. The molecule has 0 aliphatic rings. The van der Waals surface area contributed by atoms with Gasteiger partial charge in [0.1, 0.15) is 0 Å². The lowest BCUT2D eigenvalue weighted by Crippen LogP contribution is -2.33. The number of aromatic nitrogens is 1. The molecular weight excluding hydrogens is 300 g/mol. The summed E-state index contributed by atoms with van der Waals surface area (Å²) in [5, 5.41) is 6.85. The molecule has 0 bridgehead atoms. The minimum Gasteiger partial charge on any atom is -0.355 e. The Bertz CT molecular complexity index is 782. The maximum absolute atomic E-state index is 12.3. The Morgan fingerprint density at radius 3 is 2.46 bits per heavy atom. The van der Waals surface area contributed by atoms with E-state index in [0.717, 1.165) is 18.4 Å². The van der Waals surface area contributed by atoms with Crippen LogP contribution in [0.3, 0.4) is 0 Å². The minimum atomic E-state index is -0.207. The van der Waals surface area contributed by atoms with Gasteiger partial charge in [-0.3, -0.25) is 4.79 Å². The molecule has 2 aromatic carbocycles. The third-order valence-corrected chi connectivity index (χ3v) is 3.89. The fourth-order valence-electron chi connectivity index (χ4n) is 2.52. The lowest BCUT2D eigenvalue weighted by molar-refractivity contribution is 0.0929. The quantitative estimate of drug-likeness (QED) is 0.744. The fraction of sp³-hybridized carbons (Fsp3) is 0.200. The summed E-state index contributed by atoms with van der Waals surface area (Å²) in [6.45, 7) is 2.00. The Balaban J connectivity index is 1.56. The lowest BCUT2D eigenvalue weighted by atomic mass is 10.1. The summed E-state index contributed by atoms with van der Waals surface area (Å²) in [6.07, 6.45) is 1.80. The number of nitrogens with zero attached hydrogens (tertiary/aromatic N) is 1. The second kappa shape index (κ2) is 7.59. The predicted molar refractivity (Wildman–Crippen MR) is 93.6 cm³/mol. The van der Waals surface area contributed by atoms with E-state index in [1.165, 1.54) is 5.56 Å². The second-order valence-corrected chi connectivity index (χ2v) is 5.84. The summed E-state index contributed by atoms with van der Waals surface area (Å²) in [5.41, 5.74) is 2.48. The first-order chi connectivity index (χ1) is 11.7. The Hall–Kier alpha value is -2.88. The number of hydrogen-bond acceptors (Lipinski definition) is 3. The van der Waals surface area contributed by atoms with Gasteiger partial charge in [-0.25, -0.2) is 0 Å². The fourth-order valence-corrected chi connectivity index (χ4v) is 2.52. The lowest BCUT2D eigenvalue weighted by Gasteiger charge is -2.12. The smallest absolute Gasteiger partial charge is 0.273 e. The molecule has 0 saturated carbocycles. The molecule has 1 heterocycles. The van der Waals surface area contributed by atoms with Crippen LogP contribution in [0.4, 0.5) is 0 Å². The first kappa shape index (κ1) is 16.0. The zero-order valence-electron chi connectivity index (χ0n) is 13.6. The van der Waals surface area contributed by atoms with Crippen molar-refractivity contribution in [2.45, 2.75) is 25.8 Å². The van der Waals surface area contributed by atoms with Gasteiger partial charge in [-0.1, -0.05) is 65.8 Å². The van der Waals surface area contributed by atoms with E-state index < -0.39 is 0 Å². The molecule has 1 N–H and O–H groups in total. The monoisotopic (exact) mass is 320 g/mol. The number of amides is 1. The molecule has 0 unspecified atom stereocenters. The molecule has 1 amide bonds. The highest BCUT2D eigenvalue weighted by molar-refractivity contribution is 5.93. The van der Waals surface area contributed by atoms with E-state index in [1.807, 2.05) is 55.5 Å². The molecule has 4 nitrogen and oxygen atoms in total. The van der Waals surface area contributed by atoms with E-state index in [2.05, 4.69) is 22.6 Å². The summed E-state index contributed by atoms with van der Waals surface area (Å²) < 4.78 is 5.27. The number of carbonyl (C=O) groups is 1. The molecule has 0 spiro atoms. The molecule has 0 fully saturated rings. The molecular formula is C20H20N2O2. The van der Waals surface area contributed by atoms with Gasteiger partial charge in [0.15, 0.2) is 11.5 Å². The van der Waals surface area contributed by atoms with Crippen molar-refractivity contribution in [3.8, 4) is 11.3 Å². The standard InChI is InChI=1S/C20H20N2O2/c1-15(12-13-16-8-4-2-5-9-16)21-20(23)18-14-19(24-22-18)17-10-6-3-7-11-17/h2-11,14-15H,12-13H2,1H3,(H,21,23)/t15-/m0/s1. The largest absolute Gasteiger partial charge is 0.355 e. The molecule has 0 aliphatic heterocycles. The molecule has 122 valence electrons. The normalized spacial score (nSPS) is 11.9. The molecule has 0 saturated heterocycles. The highest BCUT2D eigenvalue weighted by atomic mass is 16.5. The molecule has 1 aromatic heterocycles. The minimum absolute atomic E-state index is 0.0644. The SMILES string of the molecule is C[C@@H](CCc1ccccc1)NC(=O)c1cc(-c2ccccc2)on1. The average Bonchev–Trinajstić information content (AvgIpc) is 3.12. The van der Waals surface area contributed by atoms with Crippen molar-refractivity contribution in [3.05, 3.63) is 78.0 Å². The van der Waals surface area contributed by atoms with Crippen LogP contribution in [0.5, 0.6) is 0 Å². The van der Waals surface area contributed by atoms with Crippen LogP contribution in [0.1, 0.15) is 29.4 Å². The van der Waals surface area contributed by atoms with E-state index in [0.29, 0.717) is 11.5 Å². The van der Waals surface area contributed by atoms with Gasteiger partial charge in [0, 0.05) is 17.7 Å². The van der Waals surface area contributed by atoms with Crippen molar-refractivity contribution in [3.63, 3.8) is 0 Å². The van der Waals surface area contributed by atoms with Crippen LogP contribution in [0, 0.1) is 0 Å². The van der Waals surface area contributed by atoms with Crippen LogP contribution >= 0.6 is 0 Å². The summed E-state index contributed by atoms with van der Waals surface area (Å²) in [4.78, 5) is 12.3. The average molecular weight is 320 g/mol. The van der Waals surface area contributed by atoms with Crippen molar-refractivity contribution in [2.75, 3.05) is 0 Å². The van der Waals surface area contributed by atoms with Crippen LogP contribution < -0.4 is 5.32 Å².